The van der Waals surface area contributed by atoms with Crippen LogP contribution in [0.15, 0.2) is 30.6 Å². The van der Waals surface area contributed by atoms with Gasteiger partial charge in [0, 0.05) is 31.4 Å². The van der Waals surface area contributed by atoms with Gasteiger partial charge in [0.05, 0.1) is 11.8 Å². The van der Waals surface area contributed by atoms with Crippen LogP contribution in [0.5, 0.6) is 0 Å². The molecule has 0 aliphatic carbocycles. The van der Waals surface area contributed by atoms with E-state index in [1.54, 1.807) is 23.1 Å². The van der Waals surface area contributed by atoms with Gasteiger partial charge in [0.2, 0.25) is 0 Å². The summed E-state index contributed by atoms with van der Waals surface area (Å²) in [6.07, 6.45) is 5.73. The summed E-state index contributed by atoms with van der Waals surface area (Å²) in [7, 11) is 0. The number of anilines is 2. The highest BCUT2D eigenvalue weighted by Crippen LogP contribution is 2.23. The van der Waals surface area contributed by atoms with E-state index in [4.69, 9.17) is 0 Å². The normalized spacial score (nSPS) is 14.6. The minimum Gasteiger partial charge on any atom is -0.356 e. The van der Waals surface area contributed by atoms with Crippen molar-refractivity contribution in [1.82, 2.24) is 14.8 Å². The van der Waals surface area contributed by atoms with E-state index in [0.29, 0.717) is 11.4 Å². The lowest BCUT2D eigenvalue weighted by molar-refractivity contribution is 0.102. The van der Waals surface area contributed by atoms with Crippen LogP contribution in [-0.4, -0.2) is 33.8 Å². The molecule has 2 aromatic heterocycles. The van der Waals surface area contributed by atoms with Gasteiger partial charge in [-0.1, -0.05) is 0 Å². The van der Waals surface area contributed by atoms with Gasteiger partial charge >= 0.3 is 0 Å². The molecule has 6 heteroatoms. The van der Waals surface area contributed by atoms with Gasteiger partial charge in [0.1, 0.15) is 11.6 Å². The number of hydrogen-bond acceptors (Lipinski definition) is 4. The summed E-state index contributed by atoms with van der Waals surface area (Å²) < 4.78 is 1.80. The van der Waals surface area contributed by atoms with Crippen LogP contribution in [0, 0.1) is 0 Å². The second kappa shape index (κ2) is 6.17. The first kappa shape index (κ1) is 14.6. The fraction of sp³-hybridized carbons (Fsp3) is 0.438. The monoisotopic (exact) mass is 299 g/mol. The molecule has 0 spiro atoms. The highest BCUT2D eigenvalue weighted by atomic mass is 16.1. The average Bonchev–Trinajstić information content (AvgIpc) is 3.18. The molecule has 0 saturated carbocycles. The number of carbonyl (C=O) groups is 1. The van der Waals surface area contributed by atoms with E-state index in [-0.39, 0.29) is 11.9 Å². The lowest BCUT2D eigenvalue weighted by atomic mass is 10.2. The molecule has 1 aliphatic heterocycles. The number of rotatable bonds is 4. The third kappa shape index (κ3) is 2.81. The van der Waals surface area contributed by atoms with Crippen LogP contribution in [0.4, 0.5) is 11.6 Å². The summed E-state index contributed by atoms with van der Waals surface area (Å²) in [5.74, 6) is 1.33. The SMILES string of the molecule is CC(C)n1nccc1NC(=O)c1cccnc1N1CCCC1. The summed E-state index contributed by atoms with van der Waals surface area (Å²) in [6, 6.07) is 5.63. The largest absolute Gasteiger partial charge is 0.356 e. The van der Waals surface area contributed by atoms with Gasteiger partial charge in [-0.05, 0) is 38.8 Å². The van der Waals surface area contributed by atoms with Crippen LogP contribution in [0.25, 0.3) is 0 Å². The molecule has 2 aromatic rings. The summed E-state index contributed by atoms with van der Waals surface area (Å²) in [4.78, 5) is 19.2. The molecule has 0 aromatic carbocycles. The van der Waals surface area contributed by atoms with Crippen molar-refractivity contribution in [2.45, 2.75) is 32.7 Å². The summed E-state index contributed by atoms with van der Waals surface area (Å²) in [5, 5.41) is 7.19. The Morgan fingerprint density at radius 3 is 2.73 bits per heavy atom. The number of aromatic nitrogens is 3. The molecule has 1 aliphatic rings. The molecule has 1 fully saturated rings. The predicted octanol–water partition coefficient (Wildman–Crippen LogP) is 2.71. The van der Waals surface area contributed by atoms with E-state index in [9.17, 15) is 4.79 Å². The van der Waals surface area contributed by atoms with Crippen molar-refractivity contribution < 1.29 is 4.79 Å². The summed E-state index contributed by atoms with van der Waals surface area (Å²) >= 11 is 0. The van der Waals surface area contributed by atoms with Crippen LogP contribution in [-0.2, 0) is 0 Å². The average molecular weight is 299 g/mol. The molecule has 3 rings (SSSR count). The van der Waals surface area contributed by atoms with Gasteiger partial charge in [0.15, 0.2) is 0 Å². The predicted molar refractivity (Wildman–Crippen MR) is 86.2 cm³/mol. The van der Waals surface area contributed by atoms with Gasteiger partial charge in [0.25, 0.3) is 5.91 Å². The van der Waals surface area contributed by atoms with Gasteiger partial charge in [-0.15, -0.1) is 0 Å². The van der Waals surface area contributed by atoms with Crippen molar-refractivity contribution in [3.05, 3.63) is 36.2 Å². The first-order valence-corrected chi connectivity index (χ1v) is 7.71. The standard InChI is InChI=1S/C16H21N5O/c1-12(2)21-14(7-9-18-21)19-16(22)13-6-5-8-17-15(13)20-10-3-4-11-20/h5-9,12H,3-4,10-11H2,1-2H3,(H,19,22). The van der Waals surface area contributed by atoms with Crippen molar-refractivity contribution >= 4 is 17.5 Å². The quantitative estimate of drug-likeness (QED) is 0.943. The molecule has 116 valence electrons. The Bertz CT molecular complexity index is 658. The topological polar surface area (TPSA) is 63.1 Å². The van der Waals surface area contributed by atoms with Gasteiger partial charge in [-0.25, -0.2) is 9.67 Å². The first-order chi connectivity index (χ1) is 10.7. The van der Waals surface area contributed by atoms with Gasteiger partial charge < -0.3 is 10.2 Å². The lowest BCUT2D eigenvalue weighted by Gasteiger charge is -2.19. The third-order valence-corrected chi connectivity index (χ3v) is 3.84. The molecule has 0 radical (unpaired) electrons. The number of nitrogens with zero attached hydrogens (tertiary/aromatic N) is 4. The van der Waals surface area contributed by atoms with Crippen LogP contribution in [0.3, 0.4) is 0 Å². The van der Waals surface area contributed by atoms with Crippen molar-refractivity contribution in [3.63, 3.8) is 0 Å². The van der Waals surface area contributed by atoms with Crippen LogP contribution < -0.4 is 10.2 Å². The Morgan fingerprint density at radius 1 is 1.23 bits per heavy atom. The second-order valence-corrected chi connectivity index (χ2v) is 5.78. The van der Waals surface area contributed by atoms with E-state index < -0.39 is 0 Å². The third-order valence-electron chi connectivity index (χ3n) is 3.84. The van der Waals surface area contributed by atoms with Crippen LogP contribution >= 0.6 is 0 Å². The fourth-order valence-electron chi connectivity index (χ4n) is 2.76. The molecular formula is C16H21N5O. The van der Waals surface area contributed by atoms with E-state index in [2.05, 4.69) is 20.3 Å². The van der Waals surface area contributed by atoms with E-state index in [1.807, 2.05) is 26.0 Å². The Morgan fingerprint density at radius 2 is 2.00 bits per heavy atom. The number of hydrogen-bond donors (Lipinski definition) is 1. The zero-order valence-electron chi connectivity index (χ0n) is 13.0. The van der Waals surface area contributed by atoms with E-state index in [0.717, 1.165) is 31.7 Å². The molecule has 1 amide bonds. The van der Waals surface area contributed by atoms with E-state index >= 15 is 0 Å². The number of amides is 1. The van der Waals surface area contributed by atoms with Crippen LogP contribution in [0.1, 0.15) is 43.1 Å². The Labute approximate surface area is 130 Å². The smallest absolute Gasteiger partial charge is 0.260 e. The second-order valence-electron chi connectivity index (χ2n) is 5.78. The zero-order valence-corrected chi connectivity index (χ0v) is 13.0. The zero-order chi connectivity index (χ0) is 15.5. The maximum Gasteiger partial charge on any atom is 0.260 e. The van der Waals surface area contributed by atoms with Crippen molar-refractivity contribution in [2.75, 3.05) is 23.3 Å². The maximum absolute atomic E-state index is 12.6. The minimum atomic E-state index is -0.141. The molecule has 6 nitrogen and oxygen atoms in total. The van der Waals surface area contributed by atoms with Gasteiger partial charge in [-0.2, -0.15) is 5.10 Å². The van der Waals surface area contributed by atoms with Crippen LogP contribution in [0.2, 0.25) is 0 Å². The summed E-state index contributed by atoms with van der Waals surface area (Å²) in [5.41, 5.74) is 0.612. The minimum absolute atomic E-state index is 0.141. The Kier molecular flexibility index (Phi) is 4.09. The van der Waals surface area contributed by atoms with Crippen molar-refractivity contribution in [3.8, 4) is 0 Å². The van der Waals surface area contributed by atoms with Crippen molar-refractivity contribution in [2.24, 2.45) is 0 Å². The molecule has 0 atom stereocenters. The first-order valence-electron chi connectivity index (χ1n) is 7.71. The molecule has 3 heterocycles. The molecule has 22 heavy (non-hydrogen) atoms. The number of nitrogens with one attached hydrogen (secondary N) is 1. The molecule has 0 bridgehead atoms. The number of carbonyl (C=O) groups excluding carboxylic acids is 1. The Balaban J connectivity index is 1.84. The fourth-order valence-corrected chi connectivity index (χ4v) is 2.76. The van der Waals surface area contributed by atoms with Gasteiger partial charge in [-0.3, -0.25) is 4.79 Å². The molecule has 0 unspecified atom stereocenters. The molecular weight excluding hydrogens is 278 g/mol. The molecule has 1 N–H and O–H groups in total. The highest BCUT2D eigenvalue weighted by Gasteiger charge is 2.21. The lowest BCUT2D eigenvalue weighted by Crippen LogP contribution is -2.24. The van der Waals surface area contributed by atoms with E-state index in [1.165, 1.54) is 0 Å². The molecule has 1 saturated heterocycles. The number of pyridine rings is 1. The highest BCUT2D eigenvalue weighted by molar-refractivity contribution is 6.07. The summed E-state index contributed by atoms with van der Waals surface area (Å²) in [6.45, 7) is 5.98. The maximum atomic E-state index is 12.6. The Hall–Kier alpha value is -2.37. The van der Waals surface area contributed by atoms with Crippen molar-refractivity contribution in [1.29, 1.82) is 0 Å².